The normalized spacial score (nSPS) is 14.3. The second kappa shape index (κ2) is 8.33. The van der Waals surface area contributed by atoms with E-state index in [-0.39, 0.29) is 29.0 Å². The highest BCUT2D eigenvalue weighted by Crippen LogP contribution is 2.31. The first-order valence-corrected chi connectivity index (χ1v) is 11.3. The minimum atomic E-state index is -0.345. The number of nitrogen functional groups attached to an aromatic ring is 1. The maximum atomic E-state index is 13.1. The molecule has 2 aromatic heterocycles. The Hall–Kier alpha value is -4.14. The summed E-state index contributed by atoms with van der Waals surface area (Å²) in [6.07, 6.45) is 0. The van der Waals surface area contributed by atoms with Crippen LogP contribution in [0.2, 0.25) is 0 Å². The van der Waals surface area contributed by atoms with E-state index in [2.05, 4.69) is 15.0 Å². The minimum Gasteiger partial charge on any atom is -0.396 e. The summed E-state index contributed by atoms with van der Waals surface area (Å²) < 4.78 is 0. The average molecular weight is 459 g/mol. The first kappa shape index (κ1) is 21.7. The molecule has 9 heteroatoms. The fourth-order valence-electron chi connectivity index (χ4n) is 4.41. The van der Waals surface area contributed by atoms with Gasteiger partial charge in [0.2, 0.25) is 5.91 Å². The third kappa shape index (κ3) is 3.68. The molecule has 34 heavy (non-hydrogen) atoms. The Morgan fingerprint density at radius 2 is 1.68 bits per heavy atom. The molecule has 2 amide bonds. The minimum absolute atomic E-state index is 0.0558. The Kier molecular flexibility index (Phi) is 5.31. The zero-order valence-electron chi connectivity index (χ0n) is 19.1. The van der Waals surface area contributed by atoms with E-state index in [0.717, 1.165) is 0 Å². The maximum Gasteiger partial charge on any atom is 0.276 e. The van der Waals surface area contributed by atoms with Crippen LogP contribution in [-0.4, -0.2) is 62.7 Å². The molecule has 0 spiro atoms. The van der Waals surface area contributed by atoms with Crippen LogP contribution in [0.15, 0.2) is 47.3 Å². The molecule has 3 heterocycles. The zero-order chi connectivity index (χ0) is 24.0. The van der Waals surface area contributed by atoms with E-state index in [4.69, 9.17) is 5.73 Å². The Morgan fingerprint density at radius 1 is 0.971 bits per heavy atom. The van der Waals surface area contributed by atoms with Crippen LogP contribution in [0.3, 0.4) is 0 Å². The fourth-order valence-corrected chi connectivity index (χ4v) is 4.41. The summed E-state index contributed by atoms with van der Waals surface area (Å²) in [7, 11) is 0. The van der Waals surface area contributed by atoms with Gasteiger partial charge in [-0.2, -0.15) is 0 Å². The van der Waals surface area contributed by atoms with E-state index in [1.807, 2.05) is 36.9 Å². The molecule has 1 aliphatic heterocycles. The van der Waals surface area contributed by atoms with E-state index in [1.54, 1.807) is 29.2 Å². The lowest BCUT2D eigenvalue weighted by molar-refractivity contribution is -0.135. The molecule has 0 atom stereocenters. The molecule has 1 fully saturated rings. The molecule has 5 rings (SSSR count). The van der Waals surface area contributed by atoms with E-state index in [0.29, 0.717) is 65.1 Å². The fraction of sp³-hybridized carbons (Fsp3) is 0.280. The van der Waals surface area contributed by atoms with Gasteiger partial charge in [0.1, 0.15) is 0 Å². The number of H-pyrrole nitrogens is 2. The summed E-state index contributed by atoms with van der Waals surface area (Å²) in [5.41, 5.74) is 9.59. The number of nitrogens with one attached hydrogen (secondary N) is 2. The first-order chi connectivity index (χ1) is 16.3. The number of amides is 2. The highest BCUT2D eigenvalue weighted by Gasteiger charge is 2.26. The highest BCUT2D eigenvalue weighted by molar-refractivity contribution is 6.04. The van der Waals surface area contributed by atoms with Crippen molar-refractivity contribution in [2.24, 2.45) is 5.92 Å². The Morgan fingerprint density at radius 3 is 2.41 bits per heavy atom. The van der Waals surface area contributed by atoms with Gasteiger partial charge < -0.3 is 25.5 Å². The van der Waals surface area contributed by atoms with Crippen molar-refractivity contribution in [1.29, 1.82) is 0 Å². The predicted octanol–water partition coefficient (Wildman–Crippen LogP) is 2.59. The van der Waals surface area contributed by atoms with Gasteiger partial charge in [0.05, 0.1) is 22.4 Å². The molecule has 0 radical (unpaired) electrons. The molecule has 1 aliphatic rings. The van der Waals surface area contributed by atoms with Crippen LogP contribution in [0.1, 0.15) is 24.2 Å². The summed E-state index contributed by atoms with van der Waals surface area (Å²) in [6.45, 7) is 5.78. The number of benzene rings is 2. The Labute approximate surface area is 195 Å². The molecule has 0 bridgehead atoms. The van der Waals surface area contributed by atoms with Gasteiger partial charge in [-0.15, -0.1) is 0 Å². The zero-order valence-corrected chi connectivity index (χ0v) is 19.1. The van der Waals surface area contributed by atoms with Crippen molar-refractivity contribution in [1.82, 2.24) is 24.8 Å². The van der Waals surface area contributed by atoms with Crippen LogP contribution >= 0.6 is 0 Å². The van der Waals surface area contributed by atoms with Crippen molar-refractivity contribution in [3.8, 4) is 11.4 Å². The van der Waals surface area contributed by atoms with Gasteiger partial charge in [0, 0.05) is 48.6 Å². The lowest BCUT2D eigenvalue weighted by atomic mass is 10.1. The van der Waals surface area contributed by atoms with Crippen molar-refractivity contribution in [2.75, 3.05) is 31.9 Å². The molecule has 0 saturated carbocycles. The van der Waals surface area contributed by atoms with Gasteiger partial charge in [-0.25, -0.2) is 4.98 Å². The second-order valence-electron chi connectivity index (χ2n) is 8.88. The molecular formula is C25H26N6O3. The molecule has 4 N–H and O–H groups in total. The number of piperazine rings is 1. The molecule has 0 unspecified atom stereocenters. The van der Waals surface area contributed by atoms with Crippen molar-refractivity contribution < 1.29 is 9.59 Å². The Balaban J connectivity index is 1.44. The van der Waals surface area contributed by atoms with Crippen molar-refractivity contribution >= 4 is 39.4 Å². The number of aromatic amines is 2. The number of nitrogens with two attached hydrogens (primary N) is 1. The van der Waals surface area contributed by atoms with Crippen LogP contribution in [-0.2, 0) is 4.79 Å². The van der Waals surface area contributed by atoms with E-state index < -0.39 is 0 Å². The van der Waals surface area contributed by atoms with Crippen molar-refractivity contribution in [2.45, 2.75) is 13.8 Å². The van der Waals surface area contributed by atoms with Crippen LogP contribution in [0, 0.1) is 5.92 Å². The van der Waals surface area contributed by atoms with Gasteiger partial charge in [-0.05, 0) is 30.3 Å². The molecule has 1 saturated heterocycles. The summed E-state index contributed by atoms with van der Waals surface area (Å²) >= 11 is 0. The number of nitrogens with zero attached hydrogens (tertiary/aromatic N) is 3. The van der Waals surface area contributed by atoms with E-state index in [1.165, 1.54) is 0 Å². The number of rotatable bonds is 3. The van der Waals surface area contributed by atoms with Crippen LogP contribution in [0.5, 0.6) is 0 Å². The molecule has 4 aromatic rings. The quantitative estimate of drug-likeness (QED) is 0.435. The lowest BCUT2D eigenvalue weighted by Crippen LogP contribution is -2.51. The number of carbonyl (C=O) groups is 2. The first-order valence-electron chi connectivity index (χ1n) is 11.3. The number of fused-ring (bicyclic) bond motifs is 2. The van der Waals surface area contributed by atoms with Gasteiger partial charge in [0.15, 0.2) is 5.69 Å². The van der Waals surface area contributed by atoms with Crippen molar-refractivity contribution in [3.63, 3.8) is 0 Å². The summed E-state index contributed by atoms with van der Waals surface area (Å²) in [4.78, 5) is 52.1. The van der Waals surface area contributed by atoms with Gasteiger partial charge >= 0.3 is 0 Å². The molecule has 0 aliphatic carbocycles. The highest BCUT2D eigenvalue weighted by atomic mass is 16.2. The standard InChI is InChI=1S/C25H26N6O3/c1-14(2)24(33)30-9-11-31(12-10-30)25(34)15-7-8-17-16(13-15)20(26)21(27-17)22-23(32)29-19-6-4-3-5-18(19)28-22/h3-8,13-14,27H,9-12,26H2,1-2H3,(H,29,32). The summed E-state index contributed by atoms with van der Waals surface area (Å²) in [5, 5.41) is 0.656. The van der Waals surface area contributed by atoms with E-state index in [9.17, 15) is 14.4 Å². The third-order valence-electron chi connectivity index (χ3n) is 6.29. The lowest BCUT2D eigenvalue weighted by Gasteiger charge is -2.35. The monoisotopic (exact) mass is 458 g/mol. The molecule has 9 nitrogen and oxygen atoms in total. The SMILES string of the molecule is CC(C)C(=O)N1CCN(C(=O)c2ccc3[nH]c(-c4nc5ccccc5[nH]c4=O)c(N)c3c2)CC1. The smallest absolute Gasteiger partial charge is 0.276 e. The largest absolute Gasteiger partial charge is 0.396 e. The number of hydrogen-bond donors (Lipinski definition) is 3. The van der Waals surface area contributed by atoms with Crippen LogP contribution in [0.4, 0.5) is 5.69 Å². The van der Waals surface area contributed by atoms with E-state index >= 15 is 0 Å². The number of carbonyl (C=O) groups excluding carboxylic acids is 2. The second-order valence-corrected chi connectivity index (χ2v) is 8.88. The van der Waals surface area contributed by atoms with Crippen molar-refractivity contribution in [3.05, 3.63) is 58.4 Å². The number of anilines is 1. The third-order valence-corrected chi connectivity index (χ3v) is 6.29. The number of para-hydroxylation sites is 2. The Bertz CT molecular complexity index is 1480. The number of hydrogen-bond acceptors (Lipinski definition) is 5. The predicted molar refractivity (Wildman–Crippen MR) is 131 cm³/mol. The summed E-state index contributed by atoms with van der Waals surface area (Å²) in [5.74, 6) is -0.0550. The topological polar surface area (TPSA) is 128 Å². The van der Waals surface area contributed by atoms with Gasteiger partial charge in [0.25, 0.3) is 11.5 Å². The molecule has 2 aromatic carbocycles. The maximum absolute atomic E-state index is 13.1. The van der Waals surface area contributed by atoms with Crippen LogP contribution in [0.25, 0.3) is 33.3 Å². The molecule has 174 valence electrons. The molecular weight excluding hydrogens is 432 g/mol. The van der Waals surface area contributed by atoms with Gasteiger partial charge in [-0.1, -0.05) is 26.0 Å². The van der Waals surface area contributed by atoms with Gasteiger partial charge in [-0.3, -0.25) is 14.4 Å². The summed E-state index contributed by atoms with van der Waals surface area (Å²) in [6, 6.07) is 12.6. The number of aromatic nitrogens is 3. The van der Waals surface area contributed by atoms with Crippen LogP contribution < -0.4 is 11.3 Å². The average Bonchev–Trinajstić information content (AvgIpc) is 3.18.